The van der Waals surface area contributed by atoms with Gasteiger partial charge in [0.2, 0.25) is 0 Å². The molecule has 0 radical (unpaired) electrons. The number of carbonyl (C=O) groups is 1. The number of hydrogen-bond acceptors (Lipinski definition) is 4. The van der Waals surface area contributed by atoms with E-state index in [-0.39, 0.29) is 12.0 Å². The van der Waals surface area contributed by atoms with Crippen LogP contribution in [-0.2, 0) is 26.3 Å². The number of benzene rings is 2. The number of hydrogen-bond donors (Lipinski definition) is 0. The van der Waals surface area contributed by atoms with Gasteiger partial charge in [-0.1, -0.05) is 55.3 Å². The summed E-state index contributed by atoms with van der Waals surface area (Å²) in [4.78, 5) is 12.2. The standard InChI is InChI=1S/C27H36N2O4S/c1-27(2,3)33-26(30)16-13-20-9-8-12-24(17-20)29-19-23-15-14-22(21-10-6-5-7-11-21)18-25(23)28(4)34(29,31)32/h5-7,10-11,14-15,18,20,24H,8-9,12-13,16-17,19H2,1-4H3/t20?,24-/m1/s1. The van der Waals surface area contributed by atoms with Gasteiger partial charge in [0, 0.05) is 26.1 Å². The first kappa shape index (κ1) is 24.7. The molecule has 0 amide bonds. The zero-order valence-corrected chi connectivity index (χ0v) is 21.5. The van der Waals surface area contributed by atoms with Crippen molar-refractivity contribution in [1.82, 2.24) is 4.31 Å². The van der Waals surface area contributed by atoms with Crippen molar-refractivity contribution >= 4 is 21.9 Å². The van der Waals surface area contributed by atoms with Crippen molar-refractivity contribution in [3.63, 3.8) is 0 Å². The molecule has 34 heavy (non-hydrogen) atoms. The number of esters is 1. The van der Waals surface area contributed by atoms with E-state index < -0.39 is 15.8 Å². The Labute approximate surface area is 204 Å². The van der Waals surface area contributed by atoms with Crippen molar-refractivity contribution in [2.45, 2.75) is 77.5 Å². The minimum atomic E-state index is -3.62. The van der Waals surface area contributed by atoms with E-state index in [9.17, 15) is 13.2 Å². The summed E-state index contributed by atoms with van der Waals surface area (Å²) < 4.78 is 35.6. The summed E-state index contributed by atoms with van der Waals surface area (Å²) in [6.45, 7) is 6.01. The van der Waals surface area contributed by atoms with Crippen LogP contribution in [0.2, 0.25) is 0 Å². The molecular formula is C27H36N2O4S. The van der Waals surface area contributed by atoms with E-state index in [0.29, 0.717) is 18.9 Å². The van der Waals surface area contributed by atoms with Crippen LogP contribution in [-0.4, -0.2) is 37.4 Å². The molecule has 1 aliphatic carbocycles. The quantitative estimate of drug-likeness (QED) is 0.523. The highest BCUT2D eigenvalue weighted by Crippen LogP contribution is 2.39. The Kier molecular flexibility index (Phi) is 7.06. The number of anilines is 1. The summed E-state index contributed by atoms with van der Waals surface area (Å²) in [5, 5.41) is 0. The first-order valence-electron chi connectivity index (χ1n) is 12.2. The summed E-state index contributed by atoms with van der Waals surface area (Å²) >= 11 is 0. The third-order valence-corrected chi connectivity index (χ3v) is 8.75. The molecule has 0 bridgehead atoms. The molecule has 0 N–H and O–H groups in total. The highest BCUT2D eigenvalue weighted by molar-refractivity contribution is 7.90. The predicted octanol–water partition coefficient (Wildman–Crippen LogP) is 5.53. The van der Waals surface area contributed by atoms with Crippen molar-refractivity contribution in [3.05, 3.63) is 54.1 Å². The Morgan fingerprint density at radius 3 is 2.50 bits per heavy atom. The number of ether oxygens (including phenoxy) is 1. The molecule has 2 aliphatic rings. The van der Waals surface area contributed by atoms with Crippen LogP contribution >= 0.6 is 0 Å². The van der Waals surface area contributed by atoms with Gasteiger partial charge in [0.1, 0.15) is 5.60 Å². The third kappa shape index (κ3) is 5.47. The summed E-state index contributed by atoms with van der Waals surface area (Å²) in [6.07, 6.45) is 4.76. The Balaban J connectivity index is 1.48. The summed E-state index contributed by atoms with van der Waals surface area (Å²) in [7, 11) is -1.97. The maximum Gasteiger partial charge on any atom is 0.306 e. The van der Waals surface area contributed by atoms with Gasteiger partial charge in [-0.2, -0.15) is 12.7 Å². The number of carbonyl (C=O) groups excluding carboxylic acids is 1. The van der Waals surface area contributed by atoms with Gasteiger partial charge in [0.15, 0.2) is 0 Å². The van der Waals surface area contributed by atoms with Gasteiger partial charge < -0.3 is 4.74 Å². The van der Waals surface area contributed by atoms with Gasteiger partial charge in [-0.3, -0.25) is 9.10 Å². The van der Waals surface area contributed by atoms with E-state index in [4.69, 9.17) is 4.74 Å². The third-order valence-electron chi connectivity index (χ3n) is 6.84. The first-order chi connectivity index (χ1) is 16.0. The van der Waals surface area contributed by atoms with Crippen LogP contribution in [0.25, 0.3) is 11.1 Å². The fraction of sp³-hybridized carbons (Fsp3) is 0.519. The average Bonchev–Trinajstić information content (AvgIpc) is 2.79. The van der Waals surface area contributed by atoms with Crippen LogP contribution in [0.4, 0.5) is 5.69 Å². The Morgan fingerprint density at radius 2 is 1.79 bits per heavy atom. The topological polar surface area (TPSA) is 66.9 Å². The Hall–Kier alpha value is -2.38. The summed E-state index contributed by atoms with van der Waals surface area (Å²) in [6, 6.07) is 16.1. The molecule has 1 aliphatic heterocycles. The second-order valence-corrected chi connectivity index (χ2v) is 12.5. The zero-order valence-electron chi connectivity index (χ0n) is 20.7. The van der Waals surface area contributed by atoms with E-state index in [1.54, 1.807) is 11.4 Å². The Morgan fingerprint density at radius 1 is 1.06 bits per heavy atom. The highest BCUT2D eigenvalue weighted by atomic mass is 32.2. The lowest BCUT2D eigenvalue weighted by molar-refractivity contribution is -0.155. The molecule has 0 aromatic heterocycles. The minimum absolute atomic E-state index is 0.0493. The zero-order chi connectivity index (χ0) is 24.5. The monoisotopic (exact) mass is 484 g/mol. The molecule has 0 spiro atoms. The highest BCUT2D eigenvalue weighted by Gasteiger charge is 2.40. The lowest BCUT2D eigenvalue weighted by atomic mass is 9.83. The minimum Gasteiger partial charge on any atom is -0.460 e. The second kappa shape index (κ2) is 9.70. The Bertz CT molecular complexity index is 1130. The molecule has 1 heterocycles. The van der Waals surface area contributed by atoms with Crippen LogP contribution in [0.5, 0.6) is 0 Å². The van der Waals surface area contributed by atoms with Crippen molar-refractivity contribution in [1.29, 1.82) is 0 Å². The van der Waals surface area contributed by atoms with Gasteiger partial charge >= 0.3 is 16.2 Å². The molecule has 2 atom stereocenters. The van der Waals surface area contributed by atoms with Crippen LogP contribution < -0.4 is 4.31 Å². The molecule has 0 saturated heterocycles. The van der Waals surface area contributed by atoms with Gasteiger partial charge in [-0.15, -0.1) is 0 Å². The number of rotatable bonds is 5. The molecule has 1 saturated carbocycles. The SMILES string of the molecule is CN1c2cc(-c3ccccc3)ccc2CN([C@@H]2CCCC(CCC(=O)OC(C)(C)C)C2)S1(=O)=O. The summed E-state index contributed by atoms with van der Waals surface area (Å²) in [5.74, 6) is 0.150. The number of nitrogens with zero attached hydrogens (tertiary/aromatic N) is 2. The van der Waals surface area contributed by atoms with E-state index >= 15 is 0 Å². The lowest BCUT2D eigenvalue weighted by Gasteiger charge is -2.42. The van der Waals surface area contributed by atoms with Gasteiger partial charge in [-0.05, 0) is 68.7 Å². The fourth-order valence-corrected chi connectivity index (χ4v) is 6.75. The van der Waals surface area contributed by atoms with Gasteiger partial charge in [-0.25, -0.2) is 0 Å². The molecule has 184 valence electrons. The van der Waals surface area contributed by atoms with E-state index in [1.165, 1.54) is 4.31 Å². The van der Waals surface area contributed by atoms with Crippen LogP contribution in [0.15, 0.2) is 48.5 Å². The average molecular weight is 485 g/mol. The van der Waals surface area contributed by atoms with Crippen molar-refractivity contribution < 1.29 is 17.9 Å². The van der Waals surface area contributed by atoms with Gasteiger partial charge in [0.25, 0.3) is 0 Å². The normalized spacial score (nSPS) is 22.8. The van der Waals surface area contributed by atoms with E-state index in [0.717, 1.165) is 54.5 Å². The molecule has 2 aromatic rings. The van der Waals surface area contributed by atoms with Crippen molar-refractivity contribution in [3.8, 4) is 11.1 Å². The molecule has 7 heteroatoms. The smallest absolute Gasteiger partial charge is 0.306 e. The van der Waals surface area contributed by atoms with E-state index in [1.807, 2.05) is 57.2 Å². The molecule has 1 fully saturated rings. The number of fused-ring (bicyclic) bond motifs is 1. The van der Waals surface area contributed by atoms with Crippen molar-refractivity contribution in [2.75, 3.05) is 11.4 Å². The van der Waals surface area contributed by atoms with Crippen LogP contribution in [0.1, 0.15) is 64.9 Å². The molecule has 2 aromatic carbocycles. The molecule has 6 nitrogen and oxygen atoms in total. The van der Waals surface area contributed by atoms with E-state index in [2.05, 4.69) is 12.1 Å². The molecular weight excluding hydrogens is 448 g/mol. The fourth-order valence-electron chi connectivity index (χ4n) is 5.15. The first-order valence-corrected chi connectivity index (χ1v) is 13.6. The van der Waals surface area contributed by atoms with Crippen LogP contribution in [0, 0.1) is 5.92 Å². The second-order valence-electron chi connectivity index (χ2n) is 10.5. The predicted molar refractivity (Wildman–Crippen MR) is 136 cm³/mol. The van der Waals surface area contributed by atoms with Crippen molar-refractivity contribution in [2.24, 2.45) is 5.92 Å². The summed E-state index contributed by atoms with van der Waals surface area (Å²) in [5.41, 5.74) is 3.36. The molecule has 4 rings (SSSR count). The largest absolute Gasteiger partial charge is 0.460 e. The van der Waals surface area contributed by atoms with Gasteiger partial charge in [0.05, 0.1) is 5.69 Å². The maximum absolute atomic E-state index is 13.5. The molecule has 1 unspecified atom stereocenters. The maximum atomic E-state index is 13.5. The lowest BCUT2D eigenvalue weighted by Crippen LogP contribution is -2.51. The van der Waals surface area contributed by atoms with Crippen LogP contribution in [0.3, 0.4) is 0 Å².